The highest BCUT2D eigenvalue weighted by Crippen LogP contribution is 2.44. The summed E-state index contributed by atoms with van der Waals surface area (Å²) in [5.41, 5.74) is 8.65. The minimum absolute atomic E-state index is 0.0971. The van der Waals surface area contributed by atoms with Gasteiger partial charge < -0.3 is 10.5 Å². The van der Waals surface area contributed by atoms with Gasteiger partial charge in [0.1, 0.15) is 5.75 Å². The molecule has 0 aliphatic carbocycles. The molecule has 106 valence electrons. The molecule has 3 rings (SSSR count). The van der Waals surface area contributed by atoms with Crippen LogP contribution >= 0.6 is 23.5 Å². The molecule has 2 aliphatic heterocycles. The average Bonchev–Trinajstić information content (AvgIpc) is 2.23. The molecule has 2 bridgehead atoms. The van der Waals surface area contributed by atoms with Gasteiger partial charge in [0.05, 0.1) is 16.1 Å². The molecule has 0 spiro atoms. The third-order valence-corrected chi connectivity index (χ3v) is 5.72. The van der Waals surface area contributed by atoms with E-state index in [-0.39, 0.29) is 9.45 Å². The van der Waals surface area contributed by atoms with E-state index in [1.54, 1.807) is 0 Å². The van der Waals surface area contributed by atoms with Gasteiger partial charge in [-0.25, -0.2) is 0 Å². The van der Waals surface area contributed by atoms with Gasteiger partial charge in [0.2, 0.25) is 0 Å². The Morgan fingerprint density at radius 2 is 1.89 bits per heavy atom. The van der Waals surface area contributed by atoms with Crippen LogP contribution in [0.15, 0.2) is 17.0 Å². The SMILES string of the molecule is Cc1cc2cc(C)c1OCCCC(N)SC(C)(C)S2. The topological polar surface area (TPSA) is 35.2 Å². The Morgan fingerprint density at radius 1 is 1.26 bits per heavy atom. The van der Waals surface area contributed by atoms with Gasteiger partial charge in [-0.15, -0.1) is 23.5 Å². The summed E-state index contributed by atoms with van der Waals surface area (Å²) < 4.78 is 6.02. The number of fused-ring (bicyclic) bond motifs is 9. The van der Waals surface area contributed by atoms with E-state index in [2.05, 4.69) is 39.8 Å². The lowest BCUT2D eigenvalue weighted by molar-refractivity contribution is 0.302. The van der Waals surface area contributed by atoms with Crippen LogP contribution in [0.4, 0.5) is 0 Å². The first-order chi connectivity index (χ1) is 8.87. The molecule has 0 saturated heterocycles. The molecule has 2 aliphatic rings. The van der Waals surface area contributed by atoms with Crippen molar-refractivity contribution in [1.82, 2.24) is 0 Å². The van der Waals surface area contributed by atoms with Crippen molar-refractivity contribution < 1.29 is 4.74 Å². The highest BCUT2D eigenvalue weighted by Gasteiger charge is 2.24. The zero-order valence-corrected chi connectivity index (χ0v) is 13.8. The lowest BCUT2D eigenvalue weighted by Gasteiger charge is -2.28. The molecule has 1 unspecified atom stereocenters. The van der Waals surface area contributed by atoms with E-state index in [1.165, 1.54) is 16.0 Å². The van der Waals surface area contributed by atoms with E-state index < -0.39 is 0 Å². The fourth-order valence-corrected chi connectivity index (χ4v) is 5.29. The Balaban J connectivity index is 2.34. The number of nitrogens with two attached hydrogens (primary N) is 1. The maximum Gasteiger partial charge on any atom is 0.125 e. The summed E-state index contributed by atoms with van der Waals surface area (Å²) in [4.78, 5) is 1.30. The van der Waals surface area contributed by atoms with Crippen LogP contribution in [-0.2, 0) is 0 Å². The second-order valence-corrected chi connectivity index (χ2v) is 9.35. The largest absolute Gasteiger partial charge is 0.493 e. The number of hydrogen-bond acceptors (Lipinski definition) is 4. The summed E-state index contributed by atoms with van der Waals surface area (Å²) in [6.45, 7) is 9.52. The molecule has 4 heteroatoms. The van der Waals surface area contributed by atoms with Crippen molar-refractivity contribution in [3.63, 3.8) is 0 Å². The average molecular weight is 297 g/mol. The highest BCUT2D eigenvalue weighted by atomic mass is 32.2. The smallest absolute Gasteiger partial charge is 0.125 e. The summed E-state index contributed by atoms with van der Waals surface area (Å²) in [6.07, 6.45) is 2.01. The zero-order chi connectivity index (χ0) is 14.0. The van der Waals surface area contributed by atoms with Crippen LogP contribution in [0.5, 0.6) is 5.75 Å². The first-order valence-corrected chi connectivity index (χ1v) is 8.43. The summed E-state index contributed by atoms with van der Waals surface area (Å²) in [7, 11) is 0. The first kappa shape index (κ1) is 15.1. The maximum atomic E-state index is 6.19. The minimum Gasteiger partial charge on any atom is -0.493 e. The van der Waals surface area contributed by atoms with Crippen molar-refractivity contribution in [3.05, 3.63) is 23.3 Å². The lowest BCUT2D eigenvalue weighted by Crippen LogP contribution is -2.24. The van der Waals surface area contributed by atoms with Crippen molar-refractivity contribution in [2.75, 3.05) is 6.61 Å². The molecule has 0 aromatic heterocycles. The second kappa shape index (κ2) is 5.98. The van der Waals surface area contributed by atoms with Crippen molar-refractivity contribution in [2.45, 2.75) is 54.9 Å². The molecular weight excluding hydrogens is 274 g/mol. The molecule has 1 aromatic rings. The molecule has 2 heterocycles. The Hall–Kier alpha value is -0.320. The number of hydrogen-bond donors (Lipinski definition) is 1. The lowest BCUT2D eigenvalue weighted by atomic mass is 10.1. The molecule has 0 fully saturated rings. The van der Waals surface area contributed by atoms with Gasteiger partial charge in [-0.1, -0.05) is 0 Å². The van der Waals surface area contributed by atoms with Crippen LogP contribution in [-0.4, -0.2) is 16.1 Å². The van der Waals surface area contributed by atoms with Crippen LogP contribution in [0.2, 0.25) is 0 Å². The minimum atomic E-state index is 0.0971. The van der Waals surface area contributed by atoms with Crippen LogP contribution in [0, 0.1) is 13.8 Å². The Morgan fingerprint density at radius 3 is 2.53 bits per heavy atom. The quantitative estimate of drug-likeness (QED) is 0.773. The van der Waals surface area contributed by atoms with Gasteiger partial charge in [0, 0.05) is 4.90 Å². The van der Waals surface area contributed by atoms with Crippen LogP contribution < -0.4 is 10.5 Å². The normalized spacial score (nSPS) is 23.3. The summed E-state index contributed by atoms with van der Waals surface area (Å²) in [5.74, 6) is 1.05. The van der Waals surface area contributed by atoms with Gasteiger partial charge in [0.15, 0.2) is 0 Å². The molecule has 2 N–H and O–H groups in total. The third-order valence-electron chi connectivity index (χ3n) is 3.11. The highest BCUT2D eigenvalue weighted by molar-refractivity contribution is 8.18. The predicted octanol–water partition coefficient (Wildman–Crippen LogP) is 4.32. The van der Waals surface area contributed by atoms with E-state index in [0.717, 1.165) is 25.2 Å². The van der Waals surface area contributed by atoms with E-state index in [0.29, 0.717) is 0 Å². The van der Waals surface area contributed by atoms with Gasteiger partial charge >= 0.3 is 0 Å². The van der Waals surface area contributed by atoms with E-state index in [9.17, 15) is 0 Å². The monoisotopic (exact) mass is 297 g/mol. The molecule has 0 saturated carbocycles. The number of rotatable bonds is 0. The molecule has 1 atom stereocenters. The summed E-state index contributed by atoms with van der Waals surface area (Å²) >= 11 is 3.74. The second-order valence-electron chi connectivity index (χ2n) is 5.54. The van der Waals surface area contributed by atoms with E-state index >= 15 is 0 Å². The standard InChI is InChI=1S/C15H23NOS2/c1-10-8-12-9-11(2)14(10)17-7-5-6-13(16)19-15(3,4)18-12/h8-9,13H,5-7,16H2,1-4H3. The van der Waals surface area contributed by atoms with Crippen LogP contribution in [0.3, 0.4) is 0 Å². The van der Waals surface area contributed by atoms with Gasteiger partial charge in [0.25, 0.3) is 0 Å². The molecular formula is C15H23NOS2. The first-order valence-electron chi connectivity index (χ1n) is 6.74. The summed E-state index contributed by atoms with van der Waals surface area (Å²) in [6, 6.07) is 4.45. The number of ether oxygens (including phenoxy) is 1. The summed E-state index contributed by atoms with van der Waals surface area (Å²) in [5, 5.41) is 0.185. The number of aryl methyl sites for hydroxylation is 2. The van der Waals surface area contributed by atoms with Gasteiger partial charge in [-0.05, 0) is 63.8 Å². The molecule has 0 amide bonds. The fourth-order valence-electron chi connectivity index (χ4n) is 2.39. The molecule has 2 nitrogen and oxygen atoms in total. The number of thioether (sulfide) groups is 2. The van der Waals surface area contributed by atoms with Crippen molar-refractivity contribution in [1.29, 1.82) is 0 Å². The number of benzene rings is 1. The zero-order valence-electron chi connectivity index (χ0n) is 12.2. The predicted molar refractivity (Wildman–Crippen MR) is 86.1 cm³/mol. The molecule has 1 aromatic carbocycles. The Labute approximate surface area is 124 Å². The van der Waals surface area contributed by atoms with Crippen molar-refractivity contribution in [3.8, 4) is 5.75 Å². The van der Waals surface area contributed by atoms with Crippen LogP contribution in [0.1, 0.15) is 37.8 Å². The fraction of sp³-hybridized carbons (Fsp3) is 0.600. The van der Waals surface area contributed by atoms with E-state index in [1.807, 2.05) is 23.5 Å². The third kappa shape index (κ3) is 4.07. The van der Waals surface area contributed by atoms with Gasteiger partial charge in [-0.3, -0.25) is 0 Å². The Bertz CT molecular complexity index is 436. The Kier molecular flexibility index (Phi) is 4.75. The van der Waals surface area contributed by atoms with Crippen molar-refractivity contribution in [2.24, 2.45) is 5.73 Å². The van der Waals surface area contributed by atoms with E-state index in [4.69, 9.17) is 10.5 Å². The maximum absolute atomic E-state index is 6.19. The van der Waals surface area contributed by atoms with Gasteiger partial charge in [-0.2, -0.15) is 0 Å². The molecule has 0 radical (unpaired) electrons. The van der Waals surface area contributed by atoms with Crippen molar-refractivity contribution >= 4 is 23.5 Å². The molecule has 19 heavy (non-hydrogen) atoms. The van der Waals surface area contributed by atoms with Crippen LogP contribution in [0.25, 0.3) is 0 Å².